The predicted octanol–water partition coefficient (Wildman–Crippen LogP) is 4.62. The molecule has 1 N–H and O–H groups in total. The molecule has 0 aliphatic carbocycles. The zero-order valence-corrected chi connectivity index (χ0v) is 11.9. The zero-order valence-electron chi connectivity index (χ0n) is 10.4. The molecule has 0 spiro atoms. The van der Waals surface area contributed by atoms with Crippen molar-refractivity contribution in [3.8, 4) is 0 Å². The van der Waals surface area contributed by atoms with Gasteiger partial charge in [-0.05, 0) is 29.8 Å². The monoisotopic (exact) mass is 303 g/mol. The molecule has 1 aromatic heterocycles. The van der Waals surface area contributed by atoms with Crippen LogP contribution in [0.15, 0.2) is 54.7 Å². The van der Waals surface area contributed by atoms with Crippen molar-refractivity contribution in [3.63, 3.8) is 0 Å². The lowest BCUT2D eigenvalue weighted by Gasteiger charge is -2.12. The van der Waals surface area contributed by atoms with Gasteiger partial charge in [0, 0.05) is 22.2 Å². The number of rotatable bonds is 2. The minimum Gasteiger partial charge on any atom is -0.384 e. The molecule has 0 unspecified atom stereocenters. The maximum absolute atomic E-state index is 10.4. The van der Waals surface area contributed by atoms with Crippen LogP contribution in [0.1, 0.15) is 17.2 Å². The Bertz CT molecular complexity index is 773. The second kappa shape index (κ2) is 5.41. The number of fused-ring (bicyclic) bond motifs is 1. The summed E-state index contributed by atoms with van der Waals surface area (Å²) in [4.78, 5) is 4.32. The molecule has 20 heavy (non-hydrogen) atoms. The van der Waals surface area contributed by atoms with Gasteiger partial charge in [-0.3, -0.25) is 4.98 Å². The first-order valence-electron chi connectivity index (χ1n) is 6.13. The normalized spacial score (nSPS) is 12.6. The molecule has 0 radical (unpaired) electrons. The second-order valence-corrected chi connectivity index (χ2v) is 5.38. The van der Waals surface area contributed by atoms with E-state index in [1.807, 2.05) is 30.3 Å². The van der Waals surface area contributed by atoms with Crippen LogP contribution in [0.5, 0.6) is 0 Å². The van der Waals surface area contributed by atoms with E-state index in [0.717, 1.165) is 16.5 Å². The van der Waals surface area contributed by atoms with Crippen molar-refractivity contribution in [2.24, 2.45) is 0 Å². The second-order valence-electron chi connectivity index (χ2n) is 4.54. The first-order chi connectivity index (χ1) is 9.65. The van der Waals surface area contributed by atoms with Gasteiger partial charge in [-0.1, -0.05) is 47.5 Å². The van der Waals surface area contributed by atoms with E-state index in [4.69, 9.17) is 23.2 Å². The number of aromatic nitrogens is 1. The lowest BCUT2D eigenvalue weighted by Crippen LogP contribution is -2.00. The molecule has 2 nitrogen and oxygen atoms in total. The van der Waals surface area contributed by atoms with E-state index >= 15 is 0 Å². The summed E-state index contributed by atoms with van der Waals surface area (Å²) in [6, 6.07) is 14.6. The highest BCUT2D eigenvalue weighted by Gasteiger charge is 2.12. The van der Waals surface area contributed by atoms with Crippen molar-refractivity contribution in [3.05, 3.63) is 75.9 Å². The number of pyridine rings is 1. The molecule has 0 fully saturated rings. The lowest BCUT2D eigenvalue weighted by molar-refractivity contribution is 0.220. The molecular formula is C16H11Cl2NO. The summed E-state index contributed by atoms with van der Waals surface area (Å²) in [5.74, 6) is 0. The van der Waals surface area contributed by atoms with Crippen LogP contribution < -0.4 is 0 Å². The number of para-hydroxylation sites is 1. The number of nitrogens with zero attached hydrogens (tertiary/aromatic N) is 1. The van der Waals surface area contributed by atoms with Crippen molar-refractivity contribution in [1.29, 1.82) is 0 Å². The number of hydrogen-bond acceptors (Lipinski definition) is 2. The minimum atomic E-state index is -0.760. The molecule has 4 heteroatoms. The maximum Gasteiger partial charge on any atom is 0.106 e. The SMILES string of the molecule is O[C@H](c1cccc(Cl)c1)c1cnc2c(Cl)cccc2c1. The van der Waals surface area contributed by atoms with Gasteiger partial charge in [0.2, 0.25) is 0 Å². The van der Waals surface area contributed by atoms with Crippen LogP contribution in [-0.2, 0) is 0 Å². The van der Waals surface area contributed by atoms with Gasteiger partial charge in [0.25, 0.3) is 0 Å². The Morgan fingerprint density at radius 1 is 0.950 bits per heavy atom. The van der Waals surface area contributed by atoms with Crippen molar-refractivity contribution < 1.29 is 5.11 Å². The Labute approximate surface area is 126 Å². The summed E-state index contributed by atoms with van der Waals surface area (Å²) in [5.41, 5.74) is 2.18. The highest BCUT2D eigenvalue weighted by molar-refractivity contribution is 6.35. The molecule has 2 aromatic carbocycles. The molecular weight excluding hydrogens is 293 g/mol. The predicted molar refractivity (Wildman–Crippen MR) is 82.3 cm³/mol. The Kier molecular flexibility index (Phi) is 3.62. The third-order valence-electron chi connectivity index (χ3n) is 3.16. The molecule has 0 saturated heterocycles. The molecule has 100 valence electrons. The van der Waals surface area contributed by atoms with Crippen molar-refractivity contribution in [2.45, 2.75) is 6.10 Å². The smallest absolute Gasteiger partial charge is 0.106 e. The Morgan fingerprint density at radius 3 is 2.55 bits per heavy atom. The third kappa shape index (κ3) is 2.50. The van der Waals surface area contributed by atoms with Gasteiger partial charge in [0.05, 0.1) is 10.5 Å². The standard InChI is InChI=1S/C16H11Cl2NO/c17-13-5-1-4-11(8-13)16(20)12-7-10-3-2-6-14(18)15(10)19-9-12/h1-9,16,20H/t16-/m1/s1. The Hall–Kier alpha value is -1.61. The fraction of sp³-hybridized carbons (Fsp3) is 0.0625. The van der Waals surface area contributed by atoms with Gasteiger partial charge in [0.15, 0.2) is 0 Å². The molecule has 1 heterocycles. The topological polar surface area (TPSA) is 33.1 Å². The van der Waals surface area contributed by atoms with E-state index in [0.29, 0.717) is 15.6 Å². The number of benzene rings is 2. The van der Waals surface area contributed by atoms with Crippen LogP contribution in [0.4, 0.5) is 0 Å². The van der Waals surface area contributed by atoms with E-state index in [9.17, 15) is 5.11 Å². The summed E-state index contributed by atoms with van der Waals surface area (Å²) in [6.07, 6.45) is 0.879. The molecule has 1 atom stereocenters. The molecule has 0 saturated carbocycles. The Balaban J connectivity index is 2.06. The summed E-state index contributed by atoms with van der Waals surface area (Å²) >= 11 is 12.0. The minimum absolute atomic E-state index is 0.596. The van der Waals surface area contributed by atoms with Gasteiger partial charge < -0.3 is 5.11 Å². The fourth-order valence-corrected chi connectivity index (χ4v) is 2.59. The first-order valence-corrected chi connectivity index (χ1v) is 6.88. The average molecular weight is 304 g/mol. The van der Waals surface area contributed by atoms with Gasteiger partial charge >= 0.3 is 0 Å². The third-order valence-corrected chi connectivity index (χ3v) is 3.70. The molecule has 0 bridgehead atoms. The van der Waals surface area contributed by atoms with Crippen molar-refractivity contribution in [1.82, 2.24) is 4.98 Å². The lowest BCUT2D eigenvalue weighted by atomic mass is 10.0. The van der Waals surface area contributed by atoms with Crippen LogP contribution in [-0.4, -0.2) is 10.1 Å². The van der Waals surface area contributed by atoms with E-state index in [1.54, 1.807) is 24.4 Å². The highest BCUT2D eigenvalue weighted by atomic mass is 35.5. The van der Waals surface area contributed by atoms with E-state index in [1.165, 1.54) is 0 Å². The first kappa shape index (κ1) is 13.4. The number of halogens is 2. The Morgan fingerprint density at radius 2 is 1.75 bits per heavy atom. The zero-order chi connectivity index (χ0) is 14.1. The molecule has 0 amide bonds. The van der Waals surface area contributed by atoms with Crippen molar-refractivity contribution >= 4 is 34.1 Å². The van der Waals surface area contributed by atoms with Crippen LogP contribution in [0.3, 0.4) is 0 Å². The van der Waals surface area contributed by atoms with E-state index < -0.39 is 6.10 Å². The molecule has 0 aliphatic rings. The van der Waals surface area contributed by atoms with Gasteiger partial charge in [-0.25, -0.2) is 0 Å². The van der Waals surface area contributed by atoms with Crippen molar-refractivity contribution in [2.75, 3.05) is 0 Å². The van der Waals surface area contributed by atoms with Crippen LogP contribution in [0.2, 0.25) is 10.0 Å². The average Bonchev–Trinajstić information content (AvgIpc) is 2.46. The van der Waals surface area contributed by atoms with Crippen LogP contribution >= 0.6 is 23.2 Å². The van der Waals surface area contributed by atoms with Gasteiger partial charge in [0.1, 0.15) is 6.10 Å². The van der Waals surface area contributed by atoms with Crippen LogP contribution in [0, 0.1) is 0 Å². The van der Waals surface area contributed by atoms with E-state index in [-0.39, 0.29) is 0 Å². The highest BCUT2D eigenvalue weighted by Crippen LogP contribution is 2.28. The number of hydrogen-bond donors (Lipinski definition) is 1. The van der Waals surface area contributed by atoms with E-state index in [2.05, 4.69) is 4.98 Å². The summed E-state index contributed by atoms with van der Waals surface area (Å²) in [7, 11) is 0. The molecule has 0 aliphatic heterocycles. The number of aliphatic hydroxyl groups excluding tert-OH is 1. The summed E-state index contributed by atoms with van der Waals surface area (Å²) in [5, 5.41) is 12.5. The quantitative estimate of drug-likeness (QED) is 0.749. The molecule has 3 rings (SSSR count). The molecule has 3 aromatic rings. The maximum atomic E-state index is 10.4. The number of aliphatic hydroxyl groups is 1. The van der Waals surface area contributed by atoms with Crippen LogP contribution in [0.25, 0.3) is 10.9 Å². The van der Waals surface area contributed by atoms with Gasteiger partial charge in [-0.15, -0.1) is 0 Å². The van der Waals surface area contributed by atoms with Gasteiger partial charge in [-0.2, -0.15) is 0 Å². The summed E-state index contributed by atoms with van der Waals surface area (Å²) in [6.45, 7) is 0. The fourth-order valence-electron chi connectivity index (χ4n) is 2.16. The largest absolute Gasteiger partial charge is 0.384 e. The summed E-state index contributed by atoms with van der Waals surface area (Å²) < 4.78 is 0.